The van der Waals surface area contributed by atoms with Gasteiger partial charge >= 0.3 is 6.03 Å². The first-order chi connectivity index (χ1) is 13.5. The monoisotopic (exact) mass is 385 g/mol. The second-order valence-electron chi connectivity index (χ2n) is 7.35. The highest BCUT2D eigenvalue weighted by molar-refractivity contribution is 5.80. The number of hydrogen-bond donors (Lipinski definition) is 3. The number of carbonyl (C=O) groups excluding carboxylic acids is 1. The second-order valence-corrected chi connectivity index (χ2v) is 7.35. The minimum absolute atomic E-state index is 0.0914. The number of amides is 2. The van der Waals surface area contributed by atoms with Gasteiger partial charge in [-0.3, -0.25) is 0 Å². The summed E-state index contributed by atoms with van der Waals surface area (Å²) in [7, 11) is 1.87. The number of imidazole rings is 1. The van der Waals surface area contributed by atoms with Crippen molar-refractivity contribution in [2.24, 2.45) is 13.0 Å². The predicted molar refractivity (Wildman–Crippen MR) is 103 cm³/mol. The van der Waals surface area contributed by atoms with Crippen molar-refractivity contribution in [3.8, 4) is 0 Å². The molecular weight excluding hydrogens is 361 g/mol. The van der Waals surface area contributed by atoms with Gasteiger partial charge in [-0.05, 0) is 43.0 Å². The lowest BCUT2D eigenvalue weighted by atomic mass is 9.91. The molecule has 3 N–H and O–H groups in total. The number of aromatic amines is 1. The highest BCUT2D eigenvalue weighted by Gasteiger charge is 2.30. The molecule has 0 saturated carbocycles. The van der Waals surface area contributed by atoms with E-state index < -0.39 is 6.10 Å². The number of benzene rings is 1. The maximum Gasteiger partial charge on any atom is 0.317 e. The van der Waals surface area contributed by atoms with E-state index in [0.717, 1.165) is 29.4 Å². The standard InChI is InChI=1S/C20H24FN5O2/c1-25-9-6-22-19(25)18(27)13-4-7-26(8-5-13)20(28)23-12-16-11-14-10-15(21)2-3-17(14)24-16/h2-3,6,9-11,13,18,24,27H,4-5,7-8,12H2,1H3,(H,23,28). The number of aliphatic hydroxyl groups is 1. The van der Waals surface area contributed by atoms with Crippen LogP contribution in [0.3, 0.4) is 0 Å². The molecule has 0 spiro atoms. The number of hydrogen-bond acceptors (Lipinski definition) is 3. The minimum Gasteiger partial charge on any atom is -0.385 e. The molecule has 3 heterocycles. The molecule has 1 atom stereocenters. The molecule has 1 fully saturated rings. The Kier molecular flexibility index (Phi) is 5.04. The van der Waals surface area contributed by atoms with Crippen LogP contribution in [0.1, 0.15) is 30.5 Å². The Morgan fingerprint density at radius 1 is 1.39 bits per heavy atom. The van der Waals surface area contributed by atoms with Crippen molar-refractivity contribution in [2.75, 3.05) is 13.1 Å². The predicted octanol–water partition coefficient (Wildman–Crippen LogP) is 2.70. The van der Waals surface area contributed by atoms with Crippen LogP contribution in [-0.4, -0.2) is 43.7 Å². The Morgan fingerprint density at radius 2 is 2.18 bits per heavy atom. The molecular formula is C20H24FN5O2. The zero-order valence-electron chi connectivity index (χ0n) is 15.7. The van der Waals surface area contributed by atoms with E-state index in [1.807, 2.05) is 23.9 Å². The molecule has 0 bridgehead atoms. The lowest BCUT2D eigenvalue weighted by molar-refractivity contribution is 0.0584. The molecule has 7 nitrogen and oxygen atoms in total. The molecule has 1 aromatic carbocycles. The molecule has 4 rings (SSSR count). The first-order valence-corrected chi connectivity index (χ1v) is 9.46. The van der Waals surface area contributed by atoms with E-state index >= 15 is 0 Å². The number of nitrogens with one attached hydrogen (secondary N) is 2. The maximum atomic E-state index is 13.3. The van der Waals surface area contributed by atoms with Crippen LogP contribution in [0.4, 0.5) is 9.18 Å². The van der Waals surface area contributed by atoms with E-state index in [9.17, 15) is 14.3 Å². The second kappa shape index (κ2) is 7.63. The van der Waals surface area contributed by atoms with E-state index in [2.05, 4.69) is 15.3 Å². The van der Waals surface area contributed by atoms with Gasteiger partial charge in [0.2, 0.25) is 0 Å². The number of aryl methyl sites for hydroxylation is 1. The van der Waals surface area contributed by atoms with Crippen LogP contribution in [-0.2, 0) is 13.6 Å². The fourth-order valence-electron chi connectivity index (χ4n) is 3.83. The average Bonchev–Trinajstić information content (AvgIpc) is 3.31. The normalized spacial score (nSPS) is 16.5. The van der Waals surface area contributed by atoms with Gasteiger partial charge in [0.15, 0.2) is 0 Å². The summed E-state index contributed by atoms with van der Waals surface area (Å²) in [6.07, 6.45) is 4.34. The van der Waals surface area contributed by atoms with E-state index in [1.165, 1.54) is 12.1 Å². The van der Waals surface area contributed by atoms with Crippen molar-refractivity contribution >= 4 is 16.9 Å². The van der Waals surface area contributed by atoms with Gasteiger partial charge in [0, 0.05) is 49.1 Å². The number of halogens is 1. The number of H-pyrrole nitrogens is 1. The maximum absolute atomic E-state index is 13.3. The van der Waals surface area contributed by atoms with Crippen molar-refractivity contribution < 1.29 is 14.3 Å². The van der Waals surface area contributed by atoms with Crippen molar-refractivity contribution in [3.63, 3.8) is 0 Å². The zero-order valence-corrected chi connectivity index (χ0v) is 15.7. The Bertz CT molecular complexity index is 974. The van der Waals surface area contributed by atoms with Gasteiger partial charge < -0.3 is 24.9 Å². The fraction of sp³-hybridized carbons (Fsp3) is 0.400. The fourth-order valence-corrected chi connectivity index (χ4v) is 3.83. The summed E-state index contributed by atoms with van der Waals surface area (Å²) in [5.41, 5.74) is 1.67. The van der Waals surface area contributed by atoms with E-state index in [0.29, 0.717) is 25.5 Å². The van der Waals surface area contributed by atoms with Crippen LogP contribution in [0.25, 0.3) is 10.9 Å². The first kappa shape index (κ1) is 18.5. The largest absolute Gasteiger partial charge is 0.385 e. The van der Waals surface area contributed by atoms with Crippen LogP contribution in [0.15, 0.2) is 36.7 Å². The van der Waals surface area contributed by atoms with Crippen LogP contribution in [0.5, 0.6) is 0 Å². The molecule has 148 valence electrons. The SMILES string of the molecule is Cn1ccnc1C(O)C1CCN(C(=O)NCc2cc3cc(F)ccc3[nH]2)CC1. The number of urea groups is 1. The molecule has 1 aliphatic rings. The average molecular weight is 385 g/mol. The summed E-state index contributed by atoms with van der Waals surface area (Å²) in [6.45, 7) is 1.54. The van der Waals surface area contributed by atoms with Crippen LogP contribution in [0.2, 0.25) is 0 Å². The minimum atomic E-state index is -0.614. The Labute approximate surface area is 162 Å². The van der Waals surface area contributed by atoms with E-state index in [1.54, 1.807) is 17.2 Å². The summed E-state index contributed by atoms with van der Waals surface area (Å²) in [5, 5.41) is 14.2. The van der Waals surface area contributed by atoms with Crippen molar-refractivity contribution in [3.05, 3.63) is 54.0 Å². The number of aliphatic hydroxyl groups excluding tert-OH is 1. The first-order valence-electron chi connectivity index (χ1n) is 9.46. The molecule has 2 aromatic heterocycles. The van der Waals surface area contributed by atoms with Crippen molar-refractivity contribution in [1.82, 2.24) is 24.8 Å². The third-order valence-electron chi connectivity index (χ3n) is 5.46. The van der Waals surface area contributed by atoms with Gasteiger partial charge in [-0.15, -0.1) is 0 Å². The van der Waals surface area contributed by atoms with E-state index in [4.69, 9.17) is 0 Å². The lowest BCUT2D eigenvalue weighted by Gasteiger charge is -2.34. The molecule has 8 heteroatoms. The Morgan fingerprint density at radius 3 is 2.89 bits per heavy atom. The quantitative estimate of drug-likeness (QED) is 0.645. The molecule has 1 unspecified atom stereocenters. The molecule has 1 saturated heterocycles. The summed E-state index contributed by atoms with van der Waals surface area (Å²) in [6, 6.07) is 6.27. The number of fused-ring (bicyclic) bond motifs is 1. The van der Waals surface area contributed by atoms with Crippen LogP contribution >= 0.6 is 0 Å². The highest BCUT2D eigenvalue weighted by atomic mass is 19.1. The molecule has 28 heavy (non-hydrogen) atoms. The topological polar surface area (TPSA) is 86.2 Å². The molecule has 0 aliphatic carbocycles. The highest BCUT2D eigenvalue weighted by Crippen LogP contribution is 2.29. The van der Waals surface area contributed by atoms with Gasteiger partial charge in [-0.2, -0.15) is 0 Å². The van der Waals surface area contributed by atoms with Gasteiger partial charge in [-0.1, -0.05) is 0 Å². The Hall–Kier alpha value is -2.87. The third kappa shape index (κ3) is 3.73. The number of piperidine rings is 1. The number of nitrogens with zero attached hydrogens (tertiary/aromatic N) is 3. The number of likely N-dealkylation sites (tertiary alicyclic amines) is 1. The molecule has 3 aromatic rings. The lowest BCUT2D eigenvalue weighted by Crippen LogP contribution is -2.45. The van der Waals surface area contributed by atoms with Gasteiger partial charge in [0.25, 0.3) is 0 Å². The molecule has 1 aliphatic heterocycles. The van der Waals surface area contributed by atoms with Crippen LogP contribution < -0.4 is 5.32 Å². The van der Waals surface area contributed by atoms with Gasteiger partial charge in [-0.25, -0.2) is 14.2 Å². The molecule has 2 amide bonds. The smallest absolute Gasteiger partial charge is 0.317 e. The zero-order chi connectivity index (χ0) is 19.7. The van der Waals surface area contributed by atoms with Gasteiger partial charge in [0.1, 0.15) is 17.7 Å². The van der Waals surface area contributed by atoms with Crippen molar-refractivity contribution in [1.29, 1.82) is 0 Å². The van der Waals surface area contributed by atoms with Gasteiger partial charge in [0.05, 0.1) is 6.54 Å². The summed E-state index contributed by atoms with van der Waals surface area (Å²) >= 11 is 0. The molecule has 0 radical (unpaired) electrons. The number of rotatable bonds is 4. The van der Waals surface area contributed by atoms with Crippen molar-refractivity contribution in [2.45, 2.75) is 25.5 Å². The number of carbonyl (C=O) groups is 1. The van der Waals surface area contributed by atoms with E-state index in [-0.39, 0.29) is 17.8 Å². The summed E-state index contributed by atoms with van der Waals surface area (Å²) in [4.78, 5) is 21.6. The summed E-state index contributed by atoms with van der Waals surface area (Å²) in [5.74, 6) is 0.476. The van der Waals surface area contributed by atoms with Crippen LogP contribution in [0, 0.1) is 11.7 Å². The Balaban J connectivity index is 1.29. The summed E-state index contributed by atoms with van der Waals surface area (Å²) < 4.78 is 15.1. The third-order valence-corrected chi connectivity index (χ3v) is 5.46. The number of aromatic nitrogens is 3.